The Bertz CT molecular complexity index is 1030. The zero-order valence-electron chi connectivity index (χ0n) is 15.7. The van der Waals surface area contributed by atoms with Crippen molar-refractivity contribution in [3.8, 4) is 5.88 Å². The Labute approximate surface area is 170 Å². The average molecular weight is 448 g/mol. The average Bonchev–Trinajstić information content (AvgIpc) is 2.62. The molecular weight excluding hydrogens is 429 g/mol. The van der Waals surface area contributed by atoms with Gasteiger partial charge in [0, 0.05) is 18.3 Å². The molecule has 164 valence electrons. The number of aliphatic hydroxyl groups is 1. The molecular formula is C17H19F3N4O5S. The van der Waals surface area contributed by atoms with Gasteiger partial charge < -0.3 is 19.9 Å². The molecule has 1 aromatic heterocycles. The van der Waals surface area contributed by atoms with E-state index < -0.39 is 39.9 Å². The number of aliphatic hydroxyl groups excluding tert-OH is 1. The molecule has 1 saturated heterocycles. The molecule has 0 aliphatic carbocycles. The Balaban J connectivity index is 1.90. The van der Waals surface area contributed by atoms with Gasteiger partial charge in [-0.1, -0.05) is 0 Å². The predicted molar refractivity (Wildman–Crippen MR) is 98.7 cm³/mol. The largest absolute Gasteiger partial charge is 0.471 e. The van der Waals surface area contributed by atoms with Crippen LogP contribution in [-0.4, -0.2) is 48.9 Å². The van der Waals surface area contributed by atoms with Gasteiger partial charge in [-0.2, -0.15) is 18.2 Å². The summed E-state index contributed by atoms with van der Waals surface area (Å²) in [6.07, 6.45) is -6.02. The summed E-state index contributed by atoms with van der Waals surface area (Å²) in [4.78, 5) is 7.38. The number of halogens is 3. The van der Waals surface area contributed by atoms with Gasteiger partial charge in [-0.05, 0) is 30.7 Å². The van der Waals surface area contributed by atoms with Gasteiger partial charge >= 0.3 is 6.18 Å². The lowest BCUT2D eigenvalue weighted by Crippen LogP contribution is -2.41. The van der Waals surface area contributed by atoms with Gasteiger partial charge in [0.15, 0.2) is 0 Å². The zero-order valence-corrected chi connectivity index (χ0v) is 16.5. The first-order valence-corrected chi connectivity index (χ1v) is 10.3. The zero-order chi connectivity index (χ0) is 22.1. The summed E-state index contributed by atoms with van der Waals surface area (Å²) >= 11 is 0. The molecule has 0 radical (unpaired) electrons. The first-order chi connectivity index (χ1) is 13.9. The highest BCUT2D eigenvalue weighted by molar-refractivity contribution is 7.89. The van der Waals surface area contributed by atoms with Crippen molar-refractivity contribution < 1.29 is 36.2 Å². The van der Waals surface area contributed by atoms with E-state index in [1.807, 2.05) is 0 Å². The van der Waals surface area contributed by atoms with Gasteiger partial charge in [0.1, 0.15) is 17.8 Å². The van der Waals surface area contributed by atoms with Crippen LogP contribution in [0.2, 0.25) is 0 Å². The lowest BCUT2D eigenvalue weighted by molar-refractivity contribution is -0.141. The fourth-order valence-corrected chi connectivity index (χ4v) is 3.64. The number of hydrogen-bond acceptors (Lipinski definition) is 8. The summed E-state index contributed by atoms with van der Waals surface area (Å²) in [5, 5.41) is 17.7. The van der Waals surface area contributed by atoms with Crippen LogP contribution < -0.4 is 15.2 Å². The second-order valence-electron chi connectivity index (χ2n) is 6.65. The Morgan fingerprint density at radius 3 is 2.70 bits per heavy atom. The van der Waals surface area contributed by atoms with E-state index >= 15 is 0 Å². The number of aryl methyl sites for hydroxylation is 1. The molecule has 4 N–H and O–H groups in total. The van der Waals surface area contributed by atoms with Crippen molar-refractivity contribution in [2.75, 3.05) is 18.5 Å². The number of nitrogens with zero attached hydrogens (tertiary/aromatic N) is 2. The smallest absolute Gasteiger partial charge is 0.423 e. The van der Waals surface area contributed by atoms with Crippen molar-refractivity contribution >= 4 is 21.7 Å². The number of alkyl halides is 3. The third kappa shape index (κ3) is 5.16. The summed E-state index contributed by atoms with van der Waals surface area (Å²) in [5.74, 6) is -0.939. The number of anilines is 2. The van der Waals surface area contributed by atoms with E-state index in [1.54, 1.807) is 0 Å². The standard InChI is InChI=1S/C17H19F3N4O5S/c1-9-6-10(2-3-14(9)30(21,26)27)23-16-22-7-11(17(18,19)20)15(24-16)29-13-4-5-28-8-12(13)25/h2-3,6-7,12-13,25H,4-5,8H2,1H3,(H2,21,26,27)(H,22,23,24)/t12-,13+/m0/s1. The number of sulfonamides is 1. The topological polar surface area (TPSA) is 137 Å². The van der Waals surface area contributed by atoms with Crippen LogP contribution in [0.25, 0.3) is 0 Å². The molecule has 13 heteroatoms. The minimum atomic E-state index is -4.77. The number of nitrogens with one attached hydrogen (secondary N) is 1. The van der Waals surface area contributed by atoms with Crippen LogP contribution in [0.1, 0.15) is 17.5 Å². The van der Waals surface area contributed by atoms with Gasteiger partial charge in [-0.15, -0.1) is 0 Å². The number of nitrogens with two attached hydrogens (primary N) is 1. The van der Waals surface area contributed by atoms with E-state index in [4.69, 9.17) is 14.6 Å². The van der Waals surface area contributed by atoms with Crippen LogP contribution in [0.4, 0.5) is 24.8 Å². The molecule has 2 aromatic rings. The molecule has 0 bridgehead atoms. The van der Waals surface area contributed by atoms with E-state index in [0.717, 1.165) is 0 Å². The molecule has 9 nitrogen and oxygen atoms in total. The second-order valence-corrected chi connectivity index (χ2v) is 8.18. The maximum atomic E-state index is 13.3. The maximum Gasteiger partial charge on any atom is 0.423 e. The lowest BCUT2D eigenvalue weighted by atomic mass is 10.1. The highest BCUT2D eigenvalue weighted by atomic mass is 32.2. The van der Waals surface area contributed by atoms with Gasteiger partial charge in [-0.25, -0.2) is 18.5 Å². The normalized spacial score (nSPS) is 20.1. The summed E-state index contributed by atoms with van der Waals surface area (Å²) in [6, 6.07) is 4.06. The highest BCUT2D eigenvalue weighted by Crippen LogP contribution is 2.36. The molecule has 0 saturated carbocycles. The van der Waals surface area contributed by atoms with Crippen LogP contribution in [0.15, 0.2) is 29.3 Å². The number of primary sulfonamides is 1. The van der Waals surface area contributed by atoms with Crippen molar-refractivity contribution in [2.45, 2.75) is 36.6 Å². The minimum absolute atomic E-state index is 0.0577. The van der Waals surface area contributed by atoms with E-state index in [0.29, 0.717) is 17.4 Å². The number of benzene rings is 1. The fraction of sp³-hybridized carbons (Fsp3) is 0.412. The van der Waals surface area contributed by atoms with Crippen LogP contribution in [0.3, 0.4) is 0 Å². The van der Waals surface area contributed by atoms with E-state index in [-0.39, 0.29) is 30.5 Å². The van der Waals surface area contributed by atoms with E-state index in [1.165, 1.54) is 25.1 Å². The number of rotatable bonds is 5. The van der Waals surface area contributed by atoms with Crippen molar-refractivity contribution in [1.29, 1.82) is 0 Å². The van der Waals surface area contributed by atoms with Crippen molar-refractivity contribution in [3.63, 3.8) is 0 Å². The SMILES string of the molecule is Cc1cc(Nc2ncc(C(F)(F)F)c(O[C@@H]3CCOC[C@@H]3O)n2)ccc1S(N)(=O)=O. The molecule has 3 rings (SSSR count). The Hall–Kier alpha value is -2.48. The van der Waals surface area contributed by atoms with Crippen LogP contribution in [-0.2, 0) is 20.9 Å². The molecule has 1 aromatic carbocycles. The quantitative estimate of drug-likeness (QED) is 0.629. The molecule has 2 atom stereocenters. The van der Waals surface area contributed by atoms with Crippen LogP contribution in [0, 0.1) is 6.92 Å². The molecule has 0 unspecified atom stereocenters. The Morgan fingerprint density at radius 2 is 2.10 bits per heavy atom. The molecule has 1 aliphatic rings. The predicted octanol–water partition coefficient (Wildman–Crippen LogP) is 1.72. The fourth-order valence-electron chi connectivity index (χ4n) is 2.87. The number of ether oxygens (including phenoxy) is 2. The van der Waals surface area contributed by atoms with Gasteiger partial charge in [0.25, 0.3) is 0 Å². The summed E-state index contributed by atoms with van der Waals surface area (Å²) in [5.41, 5.74) is -0.527. The van der Waals surface area contributed by atoms with Crippen LogP contribution >= 0.6 is 0 Å². The van der Waals surface area contributed by atoms with Crippen molar-refractivity contribution in [3.05, 3.63) is 35.5 Å². The Morgan fingerprint density at radius 1 is 1.37 bits per heavy atom. The minimum Gasteiger partial charge on any atom is -0.471 e. The first-order valence-electron chi connectivity index (χ1n) is 8.72. The summed E-state index contributed by atoms with van der Waals surface area (Å²) in [6.45, 7) is 1.69. The lowest BCUT2D eigenvalue weighted by Gasteiger charge is -2.28. The molecule has 0 amide bonds. The van der Waals surface area contributed by atoms with Gasteiger partial charge in [0.2, 0.25) is 21.9 Å². The van der Waals surface area contributed by atoms with Gasteiger partial charge in [-0.3, -0.25) is 0 Å². The molecule has 2 heterocycles. The summed E-state index contributed by atoms with van der Waals surface area (Å²) < 4.78 is 73.4. The van der Waals surface area contributed by atoms with E-state index in [9.17, 15) is 26.7 Å². The molecule has 30 heavy (non-hydrogen) atoms. The Kier molecular flexibility index (Phi) is 6.17. The monoisotopic (exact) mass is 448 g/mol. The number of hydrogen-bond donors (Lipinski definition) is 3. The third-order valence-corrected chi connectivity index (χ3v) is 5.40. The second kappa shape index (κ2) is 8.34. The molecule has 0 spiro atoms. The molecule has 1 aliphatic heterocycles. The van der Waals surface area contributed by atoms with E-state index in [2.05, 4.69) is 15.3 Å². The van der Waals surface area contributed by atoms with Gasteiger partial charge in [0.05, 0.1) is 18.1 Å². The van der Waals surface area contributed by atoms with Crippen molar-refractivity contribution in [1.82, 2.24) is 9.97 Å². The summed E-state index contributed by atoms with van der Waals surface area (Å²) in [7, 11) is -3.91. The maximum absolute atomic E-state index is 13.3. The van der Waals surface area contributed by atoms with Crippen LogP contribution in [0.5, 0.6) is 5.88 Å². The first kappa shape index (κ1) is 22.2. The third-order valence-electron chi connectivity index (χ3n) is 4.32. The van der Waals surface area contributed by atoms with Crippen molar-refractivity contribution in [2.24, 2.45) is 5.14 Å². The highest BCUT2D eigenvalue weighted by Gasteiger charge is 2.38. The molecule has 1 fully saturated rings. The number of aromatic nitrogens is 2.